The fourth-order valence-electron chi connectivity index (χ4n) is 2.06. The first-order chi connectivity index (χ1) is 11.3. The highest BCUT2D eigenvalue weighted by Gasteiger charge is 2.06. The molecule has 0 amide bonds. The molecule has 134 valence electrons. The number of hydrogen-bond acceptors (Lipinski definition) is 5. The highest BCUT2D eigenvalue weighted by atomic mass is 127. The van der Waals surface area contributed by atoms with Gasteiger partial charge in [0.15, 0.2) is 5.96 Å². The van der Waals surface area contributed by atoms with Gasteiger partial charge < -0.3 is 10.6 Å². The summed E-state index contributed by atoms with van der Waals surface area (Å²) in [5.74, 6) is 2.56. The molecule has 0 aliphatic carbocycles. The Labute approximate surface area is 174 Å². The average Bonchev–Trinajstić information content (AvgIpc) is 3.23. The number of hydrogen-bond donors (Lipinski definition) is 2. The monoisotopic (exact) mass is 496 g/mol. The van der Waals surface area contributed by atoms with Crippen LogP contribution in [0.1, 0.15) is 18.2 Å². The van der Waals surface area contributed by atoms with Crippen molar-refractivity contribution in [3.05, 3.63) is 34.0 Å². The molecule has 2 heterocycles. The van der Waals surface area contributed by atoms with E-state index in [1.54, 1.807) is 11.3 Å². The lowest BCUT2D eigenvalue weighted by Crippen LogP contribution is -2.40. The first-order valence-electron chi connectivity index (χ1n) is 7.77. The van der Waals surface area contributed by atoms with Crippen molar-refractivity contribution in [1.29, 1.82) is 0 Å². The molecule has 2 aromatic heterocycles. The van der Waals surface area contributed by atoms with E-state index in [1.807, 2.05) is 41.7 Å². The molecule has 0 radical (unpaired) electrons. The van der Waals surface area contributed by atoms with Gasteiger partial charge in [0.1, 0.15) is 4.34 Å². The lowest BCUT2D eigenvalue weighted by Gasteiger charge is -2.15. The van der Waals surface area contributed by atoms with Crippen molar-refractivity contribution in [3.63, 3.8) is 0 Å². The van der Waals surface area contributed by atoms with Crippen LogP contribution in [0.25, 0.3) is 0 Å². The van der Waals surface area contributed by atoms with E-state index < -0.39 is 0 Å². The van der Waals surface area contributed by atoms with Gasteiger partial charge in [-0.1, -0.05) is 24.8 Å². The summed E-state index contributed by atoms with van der Waals surface area (Å²) in [5, 5.41) is 10.9. The molecule has 0 aliphatic heterocycles. The summed E-state index contributed by atoms with van der Waals surface area (Å²) in [4.78, 5) is 10.0. The van der Waals surface area contributed by atoms with Crippen LogP contribution in [0, 0.1) is 5.92 Å². The Morgan fingerprint density at radius 1 is 1.33 bits per heavy atom. The van der Waals surface area contributed by atoms with Crippen LogP contribution in [0.15, 0.2) is 38.4 Å². The standard InChI is InChI=1S/C16H24N4S3.HI/c1-13(11-14-5-3-8-21-14)12-20-15(17-2)18-6-4-9-22-16-19-7-10-23-16;/h3,5,7-8,10,13H,4,6,9,11-12H2,1-2H3,(H2,17,18,20);1H. The Balaban J connectivity index is 0.00000288. The van der Waals surface area contributed by atoms with E-state index in [9.17, 15) is 0 Å². The Hall–Kier alpha value is -0.320. The average molecular weight is 497 g/mol. The number of halogens is 1. The molecule has 8 heteroatoms. The normalized spacial score (nSPS) is 12.5. The van der Waals surface area contributed by atoms with Crippen LogP contribution in [-0.4, -0.2) is 36.8 Å². The van der Waals surface area contributed by atoms with Crippen LogP contribution >= 0.6 is 58.4 Å². The SMILES string of the molecule is CN=C(NCCCSc1nccs1)NCC(C)Cc1cccs1.I. The molecule has 0 saturated carbocycles. The first kappa shape index (κ1) is 21.7. The molecule has 0 aromatic carbocycles. The maximum atomic E-state index is 4.28. The molecule has 0 spiro atoms. The van der Waals surface area contributed by atoms with Crippen LogP contribution in [0.4, 0.5) is 0 Å². The Morgan fingerprint density at radius 2 is 2.21 bits per heavy atom. The van der Waals surface area contributed by atoms with Gasteiger partial charge in [0.05, 0.1) is 0 Å². The number of aromatic nitrogens is 1. The molecule has 4 nitrogen and oxygen atoms in total. The van der Waals surface area contributed by atoms with Gasteiger partial charge in [0, 0.05) is 42.3 Å². The van der Waals surface area contributed by atoms with Crippen molar-refractivity contribution in [2.45, 2.75) is 24.1 Å². The predicted molar refractivity (Wildman–Crippen MR) is 119 cm³/mol. The number of thiophene rings is 1. The van der Waals surface area contributed by atoms with Gasteiger partial charge in [0.25, 0.3) is 0 Å². The highest BCUT2D eigenvalue weighted by molar-refractivity contribution is 14.0. The maximum Gasteiger partial charge on any atom is 0.190 e. The van der Waals surface area contributed by atoms with Crippen LogP contribution in [0.3, 0.4) is 0 Å². The van der Waals surface area contributed by atoms with E-state index in [2.05, 4.69) is 45.0 Å². The third kappa shape index (κ3) is 8.68. The zero-order chi connectivity index (χ0) is 16.3. The number of nitrogens with one attached hydrogen (secondary N) is 2. The third-order valence-electron chi connectivity index (χ3n) is 3.22. The summed E-state index contributed by atoms with van der Waals surface area (Å²) in [6, 6.07) is 4.32. The summed E-state index contributed by atoms with van der Waals surface area (Å²) in [7, 11) is 1.82. The molecular weight excluding hydrogens is 471 g/mol. The molecule has 2 rings (SSSR count). The van der Waals surface area contributed by atoms with Crippen molar-refractivity contribution >= 4 is 64.4 Å². The molecular formula is C16H25IN4S3. The van der Waals surface area contributed by atoms with Gasteiger partial charge >= 0.3 is 0 Å². The van der Waals surface area contributed by atoms with Crippen LogP contribution in [0.5, 0.6) is 0 Å². The number of thioether (sulfide) groups is 1. The minimum atomic E-state index is 0. The number of aliphatic imine (C=N–C) groups is 1. The van der Waals surface area contributed by atoms with E-state index in [1.165, 1.54) is 4.88 Å². The molecule has 0 aliphatic rings. The molecule has 1 unspecified atom stereocenters. The van der Waals surface area contributed by atoms with E-state index in [4.69, 9.17) is 0 Å². The Kier molecular flexibility index (Phi) is 11.7. The molecule has 0 fully saturated rings. The largest absolute Gasteiger partial charge is 0.356 e. The van der Waals surface area contributed by atoms with E-state index in [0.717, 1.165) is 42.0 Å². The minimum Gasteiger partial charge on any atom is -0.356 e. The summed E-state index contributed by atoms with van der Waals surface area (Å²) in [6.07, 6.45) is 4.07. The highest BCUT2D eigenvalue weighted by Crippen LogP contribution is 2.20. The summed E-state index contributed by atoms with van der Waals surface area (Å²) < 4.78 is 1.15. The summed E-state index contributed by atoms with van der Waals surface area (Å²) in [6.45, 7) is 4.13. The second-order valence-corrected chi connectivity index (χ2v) is 8.54. The maximum absolute atomic E-state index is 4.28. The second-order valence-electron chi connectivity index (χ2n) is 5.27. The van der Waals surface area contributed by atoms with Crippen LogP contribution in [0.2, 0.25) is 0 Å². The molecule has 1 atom stereocenters. The quantitative estimate of drug-likeness (QED) is 0.178. The van der Waals surface area contributed by atoms with Crippen molar-refractivity contribution in [2.24, 2.45) is 10.9 Å². The van der Waals surface area contributed by atoms with E-state index in [-0.39, 0.29) is 24.0 Å². The smallest absolute Gasteiger partial charge is 0.190 e. The van der Waals surface area contributed by atoms with Crippen LogP contribution < -0.4 is 10.6 Å². The topological polar surface area (TPSA) is 49.3 Å². The minimum absolute atomic E-state index is 0. The van der Waals surface area contributed by atoms with E-state index >= 15 is 0 Å². The Morgan fingerprint density at radius 3 is 2.88 bits per heavy atom. The molecule has 2 N–H and O–H groups in total. The van der Waals surface area contributed by atoms with Crippen LogP contribution in [-0.2, 0) is 6.42 Å². The number of guanidine groups is 1. The van der Waals surface area contributed by atoms with Gasteiger partial charge in [-0.25, -0.2) is 4.98 Å². The molecule has 24 heavy (non-hydrogen) atoms. The van der Waals surface area contributed by atoms with Gasteiger partial charge in [-0.05, 0) is 30.2 Å². The summed E-state index contributed by atoms with van der Waals surface area (Å²) in [5.41, 5.74) is 0. The van der Waals surface area contributed by atoms with Crippen molar-refractivity contribution in [2.75, 3.05) is 25.9 Å². The van der Waals surface area contributed by atoms with Crippen molar-refractivity contribution < 1.29 is 0 Å². The number of nitrogens with zero attached hydrogens (tertiary/aromatic N) is 2. The van der Waals surface area contributed by atoms with Crippen molar-refractivity contribution in [1.82, 2.24) is 15.6 Å². The van der Waals surface area contributed by atoms with Gasteiger partial charge in [0.2, 0.25) is 0 Å². The lowest BCUT2D eigenvalue weighted by atomic mass is 10.1. The van der Waals surface area contributed by atoms with Gasteiger partial charge in [-0.3, -0.25) is 4.99 Å². The van der Waals surface area contributed by atoms with E-state index in [0.29, 0.717) is 5.92 Å². The van der Waals surface area contributed by atoms with Gasteiger partial charge in [-0.15, -0.1) is 46.7 Å². The fourth-order valence-corrected chi connectivity index (χ4v) is 4.57. The van der Waals surface area contributed by atoms with Gasteiger partial charge in [-0.2, -0.15) is 0 Å². The fraction of sp³-hybridized carbons (Fsp3) is 0.500. The molecule has 0 bridgehead atoms. The van der Waals surface area contributed by atoms with Crippen molar-refractivity contribution in [3.8, 4) is 0 Å². The molecule has 2 aromatic rings. The zero-order valence-corrected chi connectivity index (χ0v) is 18.8. The number of thiazole rings is 1. The first-order valence-corrected chi connectivity index (χ1v) is 10.5. The molecule has 0 saturated heterocycles. The predicted octanol–water partition coefficient (Wildman–Crippen LogP) is 4.35. The number of rotatable bonds is 9. The zero-order valence-electron chi connectivity index (χ0n) is 14.0. The second kappa shape index (κ2) is 13.0. The Bertz CT molecular complexity index is 558. The third-order valence-corrected chi connectivity index (χ3v) is 6.17. The lowest BCUT2D eigenvalue weighted by molar-refractivity contribution is 0.562. The summed E-state index contributed by atoms with van der Waals surface area (Å²) >= 11 is 5.34.